The molecule has 24 heavy (non-hydrogen) atoms. The molecule has 0 aromatic heterocycles. The molecule has 1 N–H and O–H groups in total. The van der Waals surface area contributed by atoms with Gasteiger partial charge in [0.2, 0.25) is 5.69 Å². The lowest BCUT2D eigenvalue weighted by Crippen LogP contribution is -3.00. The van der Waals surface area contributed by atoms with Crippen molar-refractivity contribution < 1.29 is 28.6 Å². The zero-order valence-corrected chi connectivity index (χ0v) is 16.5. The first-order valence-electron chi connectivity index (χ1n) is 7.96. The average Bonchev–Trinajstić information content (AvgIpc) is 2.76. The van der Waals surface area contributed by atoms with Gasteiger partial charge < -0.3 is 29.3 Å². The van der Waals surface area contributed by atoms with E-state index in [-0.39, 0.29) is 29.4 Å². The number of rotatable bonds is 4. The minimum absolute atomic E-state index is 0. The molecule has 1 heterocycles. The number of para-hydroxylation sites is 2. The van der Waals surface area contributed by atoms with Gasteiger partial charge in [0.1, 0.15) is 7.05 Å². The van der Waals surface area contributed by atoms with Gasteiger partial charge in [-0.15, -0.1) is 0 Å². The van der Waals surface area contributed by atoms with Crippen LogP contribution in [0.25, 0.3) is 0 Å². The lowest BCUT2D eigenvalue weighted by atomic mass is 9.81. The summed E-state index contributed by atoms with van der Waals surface area (Å²) in [5.41, 5.74) is 5.11. The standard InChI is InChI=1S/C21H22N2.HI/c1-21(2)18-13-7-8-14-19(18)23(3)20(21)15-9-10-16-22-17-11-5-4-6-12-17;/h4-16H,1-3H3;1H. The molecule has 3 heteroatoms. The van der Waals surface area contributed by atoms with Crippen molar-refractivity contribution >= 4 is 17.1 Å². The largest absolute Gasteiger partial charge is 1.00 e. The van der Waals surface area contributed by atoms with E-state index in [0.717, 1.165) is 5.69 Å². The van der Waals surface area contributed by atoms with Gasteiger partial charge in [0.05, 0.1) is 5.41 Å². The van der Waals surface area contributed by atoms with E-state index in [1.165, 1.54) is 17.0 Å². The SMILES string of the molecule is C[N+]1=C(C=CC=CNc2ccccc2)C(C)(C)c2ccccc21.[I-]. The van der Waals surface area contributed by atoms with Gasteiger partial charge in [-0.25, -0.2) is 0 Å². The van der Waals surface area contributed by atoms with Crippen molar-refractivity contribution in [3.63, 3.8) is 0 Å². The second kappa shape index (κ2) is 7.79. The molecule has 0 spiro atoms. The molecule has 0 atom stereocenters. The smallest absolute Gasteiger partial charge is 0.209 e. The summed E-state index contributed by atoms with van der Waals surface area (Å²) in [5, 5.41) is 3.26. The molecule has 1 aliphatic heterocycles. The summed E-state index contributed by atoms with van der Waals surface area (Å²) in [6.07, 6.45) is 8.28. The van der Waals surface area contributed by atoms with Crippen molar-refractivity contribution in [2.24, 2.45) is 0 Å². The number of hydrogen-bond acceptors (Lipinski definition) is 1. The van der Waals surface area contributed by atoms with E-state index in [0.29, 0.717) is 0 Å². The quantitative estimate of drug-likeness (QED) is 0.445. The van der Waals surface area contributed by atoms with Gasteiger partial charge in [0, 0.05) is 29.6 Å². The third kappa shape index (κ3) is 3.61. The van der Waals surface area contributed by atoms with Crippen molar-refractivity contribution in [2.75, 3.05) is 12.4 Å². The summed E-state index contributed by atoms with van der Waals surface area (Å²) in [7, 11) is 2.14. The van der Waals surface area contributed by atoms with Gasteiger partial charge in [-0.05, 0) is 32.1 Å². The topological polar surface area (TPSA) is 15.0 Å². The highest BCUT2D eigenvalue weighted by Gasteiger charge is 2.42. The van der Waals surface area contributed by atoms with Crippen LogP contribution in [0.2, 0.25) is 0 Å². The van der Waals surface area contributed by atoms with Gasteiger partial charge in [-0.3, -0.25) is 0 Å². The van der Waals surface area contributed by atoms with E-state index in [1.54, 1.807) is 0 Å². The molecule has 3 rings (SSSR count). The van der Waals surface area contributed by atoms with Crippen LogP contribution in [0, 0.1) is 0 Å². The Morgan fingerprint density at radius 3 is 2.29 bits per heavy atom. The Balaban J connectivity index is 0.00000208. The third-order valence-corrected chi connectivity index (χ3v) is 4.43. The van der Waals surface area contributed by atoms with E-state index in [9.17, 15) is 0 Å². The van der Waals surface area contributed by atoms with E-state index in [4.69, 9.17) is 0 Å². The Bertz CT molecular complexity index is 786. The van der Waals surface area contributed by atoms with Crippen LogP contribution in [0.4, 0.5) is 11.4 Å². The van der Waals surface area contributed by atoms with Crippen molar-refractivity contribution in [1.29, 1.82) is 0 Å². The van der Waals surface area contributed by atoms with E-state index in [2.05, 4.69) is 67.2 Å². The summed E-state index contributed by atoms with van der Waals surface area (Å²) in [5.74, 6) is 0. The Kier molecular flexibility index (Phi) is 5.99. The molecule has 0 aliphatic carbocycles. The van der Waals surface area contributed by atoms with Gasteiger partial charge in [-0.2, -0.15) is 4.58 Å². The lowest BCUT2D eigenvalue weighted by molar-refractivity contribution is -0.401. The zero-order valence-electron chi connectivity index (χ0n) is 14.3. The van der Waals surface area contributed by atoms with Gasteiger partial charge in [-0.1, -0.05) is 42.5 Å². The zero-order chi connectivity index (χ0) is 16.3. The second-order valence-corrected chi connectivity index (χ2v) is 6.32. The minimum Gasteiger partial charge on any atom is -1.00 e. The van der Waals surface area contributed by atoms with Crippen LogP contribution < -0.4 is 29.3 Å². The van der Waals surface area contributed by atoms with Crippen molar-refractivity contribution in [3.8, 4) is 0 Å². The maximum atomic E-state index is 3.26. The van der Waals surface area contributed by atoms with Crippen LogP contribution in [-0.4, -0.2) is 17.3 Å². The van der Waals surface area contributed by atoms with E-state index < -0.39 is 0 Å². The van der Waals surface area contributed by atoms with Crippen LogP contribution in [-0.2, 0) is 5.41 Å². The molecule has 2 aromatic carbocycles. The van der Waals surface area contributed by atoms with Crippen molar-refractivity contribution in [2.45, 2.75) is 19.3 Å². The molecule has 0 fully saturated rings. The molecule has 0 amide bonds. The summed E-state index contributed by atoms with van der Waals surface area (Å²) in [6, 6.07) is 18.8. The van der Waals surface area contributed by atoms with Crippen molar-refractivity contribution in [3.05, 3.63) is 84.6 Å². The molecule has 0 radical (unpaired) electrons. The minimum atomic E-state index is 0. The van der Waals surface area contributed by atoms with Crippen LogP contribution in [0.1, 0.15) is 19.4 Å². The van der Waals surface area contributed by atoms with Crippen LogP contribution >= 0.6 is 0 Å². The Morgan fingerprint density at radius 1 is 0.917 bits per heavy atom. The second-order valence-electron chi connectivity index (χ2n) is 6.32. The third-order valence-electron chi connectivity index (χ3n) is 4.43. The molecule has 0 saturated heterocycles. The van der Waals surface area contributed by atoms with Crippen molar-refractivity contribution in [1.82, 2.24) is 0 Å². The molecule has 0 saturated carbocycles. The van der Waals surface area contributed by atoms with Gasteiger partial charge >= 0.3 is 0 Å². The number of anilines is 1. The van der Waals surface area contributed by atoms with Crippen LogP contribution in [0.15, 0.2) is 79.0 Å². The molecule has 0 bridgehead atoms. The number of allylic oxidation sites excluding steroid dienone is 3. The Morgan fingerprint density at radius 2 is 1.58 bits per heavy atom. The highest BCUT2D eigenvalue weighted by Crippen LogP contribution is 2.38. The molecule has 1 aliphatic rings. The number of fused-ring (bicyclic) bond motifs is 1. The highest BCUT2D eigenvalue weighted by molar-refractivity contribution is 6.03. The molecule has 2 nitrogen and oxygen atoms in total. The first-order valence-corrected chi connectivity index (χ1v) is 7.96. The predicted molar refractivity (Wildman–Crippen MR) is 98.7 cm³/mol. The van der Waals surface area contributed by atoms with Crippen LogP contribution in [0.5, 0.6) is 0 Å². The molecular weight excluding hydrogens is 407 g/mol. The fourth-order valence-electron chi connectivity index (χ4n) is 3.18. The number of hydrogen-bond donors (Lipinski definition) is 1. The predicted octanol–water partition coefficient (Wildman–Crippen LogP) is 1.88. The monoisotopic (exact) mass is 430 g/mol. The Hall–Kier alpha value is -1.88. The first kappa shape index (κ1) is 18.5. The normalized spacial score (nSPS) is 15.6. The average molecular weight is 430 g/mol. The maximum Gasteiger partial charge on any atom is 0.209 e. The summed E-state index contributed by atoms with van der Waals surface area (Å²) in [6.45, 7) is 4.56. The highest BCUT2D eigenvalue weighted by atomic mass is 127. The number of nitrogens with one attached hydrogen (secondary N) is 1. The van der Waals surface area contributed by atoms with Gasteiger partial charge in [0.15, 0.2) is 5.71 Å². The maximum absolute atomic E-state index is 3.26. The van der Waals surface area contributed by atoms with Gasteiger partial charge in [0.25, 0.3) is 0 Å². The van der Waals surface area contributed by atoms with E-state index >= 15 is 0 Å². The summed E-state index contributed by atoms with van der Waals surface area (Å²) in [4.78, 5) is 0. The molecular formula is C21H23IN2. The first-order chi connectivity index (χ1) is 11.1. The Labute approximate surface area is 161 Å². The van der Waals surface area contributed by atoms with Crippen LogP contribution in [0.3, 0.4) is 0 Å². The lowest BCUT2D eigenvalue weighted by Gasteiger charge is -2.14. The summed E-state index contributed by atoms with van der Waals surface area (Å²) < 4.78 is 2.28. The fourth-order valence-corrected chi connectivity index (χ4v) is 3.18. The number of benzene rings is 2. The number of nitrogens with zero attached hydrogens (tertiary/aromatic N) is 1. The molecule has 124 valence electrons. The van der Waals surface area contributed by atoms with E-state index in [1.807, 2.05) is 42.6 Å². The number of halogens is 1. The molecule has 2 aromatic rings. The molecule has 0 unspecified atom stereocenters. The summed E-state index contributed by atoms with van der Waals surface area (Å²) >= 11 is 0. The fraction of sp³-hybridized carbons (Fsp3) is 0.190.